The molecule has 1 unspecified atom stereocenters. The molecule has 1 atom stereocenters. The molecule has 0 N–H and O–H groups in total. The van der Waals surface area contributed by atoms with E-state index in [0.717, 1.165) is 15.8 Å². The van der Waals surface area contributed by atoms with Gasteiger partial charge in [0.15, 0.2) is 0 Å². The summed E-state index contributed by atoms with van der Waals surface area (Å²) in [5.74, 6) is 1.05. The molecule has 1 aromatic rings. The summed E-state index contributed by atoms with van der Waals surface area (Å²) < 4.78 is 1.12. The zero-order valence-electron chi connectivity index (χ0n) is 9.04. The molecule has 1 fully saturated rings. The van der Waals surface area contributed by atoms with Crippen LogP contribution in [-0.2, 0) is 4.79 Å². The minimum atomic E-state index is 0.189. The van der Waals surface area contributed by atoms with E-state index >= 15 is 0 Å². The highest BCUT2D eigenvalue weighted by Crippen LogP contribution is 2.30. The van der Waals surface area contributed by atoms with Gasteiger partial charge in [0, 0.05) is 22.4 Å². The normalized spacial score (nSPS) is 20.6. The Labute approximate surface area is 114 Å². The number of carbonyl (C=O) groups is 1. The van der Waals surface area contributed by atoms with Crippen LogP contribution in [-0.4, -0.2) is 18.3 Å². The largest absolute Gasteiger partial charge is 0.311 e. The minimum absolute atomic E-state index is 0.189. The fourth-order valence-corrected chi connectivity index (χ4v) is 2.78. The third kappa shape index (κ3) is 2.35. The van der Waals surface area contributed by atoms with E-state index in [2.05, 4.69) is 34.7 Å². The van der Waals surface area contributed by atoms with Gasteiger partial charge in [-0.2, -0.15) is 0 Å². The van der Waals surface area contributed by atoms with Crippen molar-refractivity contribution in [1.29, 1.82) is 0 Å². The summed E-state index contributed by atoms with van der Waals surface area (Å²) in [5, 5.41) is 0. The highest BCUT2D eigenvalue weighted by Gasteiger charge is 2.30. The Hall–Kier alpha value is -0.290. The first-order chi connectivity index (χ1) is 7.61. The third-order valence-electron chi connectivity index (χ3n) is 2.82. The van der Waals surface area contributed by atoms with Crippen LogP contribution in [0.15, 0.2) is 18.2 Å². The van der Waals surface area contributed by atoms with Crippen LogP contribution in [0.1, 0.15) is 12.0 Å². The third-order valence-corrected chi connectivity index (χ3v) is 4.16. The van der Waals surface area contributed by atoms with Gasteiger partial charge in [0.05, 0.1) is 5.69 Å². The van der Waals surface area contributed by atoms with E-state index in [4.69, 9.17) is 11.6 Å². The molecular formula is C12H13ClINO. The van der Waals surface area contributed by atoms with Gasteiger partial charge < -0.3 is 4.90 Å². The highest BCUT2D eigenvalue weighted by atomic mass is 127. The molecule has 1 aromatic carbocycles. The number of hydrogen-bond donors (Lipinski definition) is 0. The summed E-state index contributed by atoms with van der Waals surface area (Å²) in [6, 6.07) is 6.17. The standard InChI is InChI=1S/C12H13ClINO/c1-8-2-3-10(14)11(4-8)15-7-9(6-13)5-12(15)16/h2-4,9H,5-7H2,1H3. The maximum atomic E-state index is 11.9. The zero-order chi connectivity index (χ0) is 11.7. The van der Waals surface area contributed by atoms with E-state index in [1.165, 1.54) is 5.56 Å². The van der Waals surface area contributed by atoms with Gasteiger partial charge in [-0.05, 0) is 53.1 Å². The Bertz CT molecular complexity index is 421. The monoisotopic (exact) mass is 349 g/mol. The van der Waals surface area contributed by atoms with Gasteiger partial charge in [-0.3, -0.25) is 4.79 Å². The predicted octanol–water partition coefficient (Wildman–Crippen LogP) is 3.19. The molecule has 0 aromatic heterocycles. The maximum absolute atomic E-state index is 11.9. The van der Waals surface area contributed by atoms with E-state index in [1.807, 2.05) is 17.9 Å². The molecule has 2 nitrogen and oxygen atoms in total. The topological polar surface area (TPSA) is 20.3 Å². The van der Waals surface area contributed by atoms with Crippen LogP contribution in [0.5, 0.6) is 0 Å². The average Bonchev–Trinajstić information content (AvgIpc) is 2.63. The molecule has 1 aliphatic heterocycles. The second-order valence-corrected chi connectivity index (χ2v) is 5.65. The van der Waals surface area contributed by atoms with Gasteiger partial charge in [-0.15, -0.1) is 11.6 Å². The van der Waals surface area contributed by atoms with Crippen LogP contribution >= 0.6 is 34.2 Å². The number of halogens is 2. The smallest absolute Gasteiger partial charge is 0.227 e. The molecule has 1 heterocycles. The Morgan fingerprint density at radius 1 is 1.56 bits per heavy atom. The van der Waals surface area contributed by atoms with Crippen molar-refractivity contribution in [2.24, 2.45) is 5.92 Å². The number of alkyl halides is 1. The maximum Gasteiger partial charge on any atom is 0.227 e. The molecule has 16 heavy (non-hydrogen) atoms. The summed E-state index contributed by atoms with van der Waals surface area (Å²) >= 11 is 8.09. The lowest BCUT2D eigenvalue weighted by atomic mass is 10.1. The Balaban J connectivity index is 2.30. The van der Waals surface area contributed by atoms with Crippen molar-refractivity contribution < 1.29 is 4.79 Å². The Kier molecular flexibility index (Phi) is 3.74. The molecule has 1 amide bonds. The van der Waals surface area contributed by atoms with Gasteiger partial charge >= 0.3 is 0 Å². The number of hydrogen-bond acceptors (Lipinski definition) is 1. The summed E-state index contributed by atoms with van der Waals surface area (Å²) in [5.41, 5.74) is 2.20. The zero-order valence-corrected chi connectivity index (χ0v) is 12.0. The number of nitrogens with zero attached hydrogens (tertiary/aromatic N) is 1. The number of carbonyl (C=O) groups excluding carboxylic acids is 1. The minimum Gasteiger partial charge on any atom is -0.311 e. The van der Waals surface area contributed by atoms with Crippen molar-refractivity contribution in [2.75, 3.05) is 17.3 Å². The van der Waals surface area contributed by atoms with Crippen molar-refractivity contribution in [3.8, 4) is 0 Å². The predicted molar refractivity (Wildman–Crippen MR) is 75.1 cm³/mol. The molecule has 1 aliphatic rings. The average molecular weight is 350 g/mol. The Morgan fingerprint density at radius 3 is 2.94 bits per heavy atom. The molecule has 0 spiro atoms. The van der Waals surface area contributed by atoms with Crippen molar-refractivity contribution >= 4 is 45.8 Å². The first-order valence-corrected chi connectivity index (χ1v) is 6.85. The van der Waals surface area contributed by atoms with E-state index in [9.17, 15) is 4.79 Å². The summed E-state index contributed by atoms with van der Waals surface area (Å²) in [4.78, 5) is 13.7. The molecule has 1 saturated heterocycles. The van der Waals surface area contributed by atoms with Crippen LogP contribution < -0.4 is 4.90 Å². The van der Waals surface area contributed by atoms with E-state index < -0.39 is 0 Å². The van der Waals surface area contributed by atoms with Gasteiger partial charge in [0.25, 0.3) is 0 Å². The van der Waals surface area contributed by atoms with Gasteiger partial charge in [-0.25, -0.2) is 0 Å². The lowest BCUT2D eigenvalue weighted by Gasteiger charge is -2.18. The van der Waals surface area contributed by atoms with Crippen molar-refractivity contribution in [2.45, 2.75) is 13.3 Å². The molecular weight excluding hydrogens is 336 g/mol. The van der Waals surface area contributed by atoms with Crippen LogP contribution in [0.4, 0.5) is 5.69 Å². The summed E-state index contributed by atoms with van der Waals surface area (Å²) in [6.07, 6.45) is 0.577. The number of amides is 1. The second kappa shape index (κ2) is 4.92. The van der Waals surface area contributed by atoms with Crippen LogP contribution in [0.3, 0.4) is 0 Å². The molecule has 0 saturated carbocycles. The summed E-state index contributed by atoms with van der Waals surface area (Å²) in [6.45, 7) is 2.79. The molecule has 0 aliphatic carbocycles. The van der Waals surface area contributed by atoms with Gasteiger partial charge in [-0.1, -0.05) is 6.07 Å². The Morgan fingerprint density at radius 2 is 2.31 bits per heavy atom. The lowest BCUT2D eigenvalue weighted by Crippen LogP contribution is -2.25. The number of rotatable bonds is 2. The molecule has 0 radical (unpaired) electrons. The van der Waals surface area contributed by atoms with Gasteiger partial charge in [0.1, 0.15) is 0 Å². The highest BCUT2D eigenvalue weighted by molar-refractivity contribution is 14.1. The van der Waals surface area contributed by atoms with Crippen LogP contribution in [0, 0.1) is 16.4 Å². The number of benzene rings is 1. The second-order valence-electron chi connectivity index (χ2n) is 4.18. The van der Waals surface area contributed by atoms with Crippen molar-refractivity contribution in [1.82, 2.24) is 0 Å². The quantitative estimate of drug-likeness (QED) is 0.593. The van der Waals surface area contributed by atoms with Crippen molar-refractivity contribution in [3.63, 3.8) is 0 Å². The van der Waals surface area contributed by atoms with E-state index in [-0.39, 0.29) is 5.91 Å². The van der Waals surface area contributed by atoms with Crippen molar-refractivity contribution in [3.05, 3.63) is 27.3 Å². The molecule has 4 heteroatoms. The summed E-state index contributed by atoms with van der Waals surface area (Å²) in [7, 11) is 0. The van der Waals surface area contributed by atoms with E-state index in [0.29, 0.717) is 18.2 Å². The first-order valence-electron chi connectivity index (χ1n) is 5.24. The molecule has 2 rings (SSSR count). The first kappa shape index (κ1) is 12.2. The number of aryl methyl sites for hydroxylation is 1. The van der Waals surface area contributed by atoms with Crippen LogP contribution in [0.25, 0.3) is 0 Å². The fraction of sp³-hybridized carbons (Fsp3) is 0.417. The molecule has 0 bridgehead atoms. The van der Waals surface area contributed by atoms with Gasteiger partial charge in [0.2, 0.25) is 5.91 Å². The lowest BCUT2D eigenvalue weighted by molar-refractivity contribution is -0.117. The number of anilines is 1. The SMILES string of the molecule is Cc1ccc(I)c(N2CC(CCl)CC2=O)c1. The van der Waals surface area contributed by atoms with E-state index in [1.54, 1.807) is 0 Å². The molecule has 86 valence electrons. The fourth-order valence-electron chi connectivity index (χ4n) is 1.95. The van der Waals surface area contributed by atoms with Crippen LogP contribution in [0.2, 0.25) is 0 Å².